The van der Waals surface area contributed by atoms with Crippen LogP contribution < -0.4 is 10.5 Å². The fourth-order valence-corrected chi connectivity index (χ4v) is 6.91. The molecule has 0 aliphatic rings. The van der Waals surface area contributed by atoms with Crippen LogP contribution in [-0.2, 0) is 29.5 Å². The Morgan fingerprint density at radius 2 is 0.902 bits per heavy atom. The molecule has 0 saturated heterocycles. The Kier molecular flexibility index (Phi) is 12.2. The van der Waals surface area contributed by atoms with E-state index in [1.54, 1.807) is 0 Å². The van der Waals surface area contributed by atoms with Crippen LogP contribution in [-0.4, -0.2) is 8.42 Å². The molecule has 0 fully saturated rings. The Morgan fingerprint density at radius 1 is 0.537 bits per heavy atom. The number of aryl methyl sites for hydroxylation is 2. The van der Waals surface area contributed by atoms with E-state index in [1.165, 1.54) is 22.3 Å². The Hall–Kier alpha value is -2.63. The quantitative estimate of drug-likeness (QED) is 0.208. The summed E-state index contributed by atoms with van der Waals surface area (Å²) in [6, 6.07) is 22.3. The van der Waals surface area contributed by atoms with Crippen molar-refractivity contribution in [3.05, 3.63) is 134 Å². The molecule has 0 radical (unpaired) electrons. The Balaban J connectivity index is 0.000000452. The minimum absolute atomic E-state index is 0. The van der Waals surface area contributed by atoms with Crippen LogP contribution in [0.1, 0.15) is 73.3 Å². The number of nitrogens with one attached hydrogen (secondary N) is 1. The molecule has 0 amide bonds. The fourth-order valence-electron chi connectivity index (χ4n) is 5.06. The molecule has 4 aromatic carbocycles. The topological polar surface area (TPSA) is 72.2 Å². The number of hydrogen-bond donors (Lipinski definition) is 2. The number of hydrogen-bond acceptors (Lipinski definition) is 3. The van der Waals surface area contributed by atoms with Crippen molar-refractivity contribution in [2.45, 2.75) is 79.3 Å². The third kappa shape index (κ3) is 7.81. The van der Waals surface area contributed by atoms with E-state index >= 15 is 0 Å². The second kappa shape index (κ2) is 14.5. The first-order valence-electron chi connectivity index (χ1n) is 13.8. The van der Waals surface area contributed by atoms with Gasteiger partial charge in [0.25, 0.3) is 0 Å². The number of rotatable bonds is 6. The van der Waals surface area contributed by atoms with Crippen LogP contribution >= 0.6 is 0 Å². The molecule has 0 heterocycles. The summed E-state index contributed by atoms with van der Waals surface area (Å²) in [6.45, 7) is 18.4. The first-order chi connectivity index (χ1) is 18.8. The molecule has 0 spiro atoms. The zero-order valence-corrected chi connectivity index (χ0v) is 28.3. The van der Waals surface area contributed by atoms with Crippen molar-refractivity contribution < 1.29 is 27.9 Å². The predicted molar refractivity (Wildman–Crippen MR) is 168 cm³/mol. The van der Waals surface area contributed by atoms with E-state index in [0.717, 1.165) is 38.9 Å². The molecule has 0 aromatic heterocycles. The second-order valence-electron chi connectivity index (χ2n) is 10.8. The van der Waals surface area contributed by atoms with E-state index in [2.05, 4.69) is 44.5 Å². The molecule has 0 unspecified atom stereocenters. The van der Waals surface area contributed by atoms with E-state index in [4.69, 9.17) is 5.73 Å². The molecule has 0 saturated carbocycles. The molecule has 6 heteroatoms. The molecule has 4 rings (SSSR count). The van der Waals surface area contributed by atoms with Crippen molar-refractivity contribution in [3.8, 4) is 0 Å². The van der Waals surface area contributed by atoms with Gasteiger partial charge in [-0.3, -0.25) is 0 Å². The zero-order valence-electron chi connectivity index (χ0n) is 25.7. The molecule has 220 valence electrons. The Bertz CT molecular complexity index is 1530. The van der Waals surface area contributed by atoms with Gasteiger partial charge >= 0.3 is 0 Å². The average Bonchev–Trinajstić information content (AvgIpc) is 2.95. The molecule has 3 N–H and O–H groups in total. The van der Waals surface area contributed by atoms with Crippen LogP contribution in [0, 0.1) is 62.3 Å². The van der Waals surface area contributed by atoms with Crippen LogP contribution in [0.3, 0.4) is 0 Å². The monoisotopic (exact) mass is 658 g/mol. The van der Waals surface area contributed by atoms with E-state index in [0.29, 0.717) is 4.90 Å². The fraction of sp³-hybridized carbons (Fsp3) is 0.314. The number of benzene rings is 4. The van der Waals surface area contributed by atoms with Gasteiger partial charge in [-0.05, 0) is 124 Å². The van der Waals surface area contributed by atoms with Gasteiger partial charge in [0.2, 0.25) is 10.0 Å². The van der Waals surface area contributed by atoms with E-state index < -0.39 is 22.1 Å². The summed E-state index contributed by atoms with van der Waals surface area (Å²) in [5.41, 5.74) is 18.6. The third-order valence-electron chi connectivity index (χ3n) is 8.51. The number of sulfonamides is 1. The maximum Gasteiger partial charge on any atom is 0.241 e. The van der Waals surface area contributed by atoms with Crippen LogP contribution in [0.5, 0.6) is 0 Å². The summed E-state index contributed by atoms with van der Waals surface area (Å²) in [6.07, 6.45) is 0. The minimum atomic E-state index is -3.81. The standard InChI is InChI=1S/C25H30N2O2S.C10H14.Ru/c1-16-17(2)19(4)25(20(5)18(16)3)30(28,29)27-24(22-14-10-7-11-15-22)23(26)21-12-8-6-9-13-21;1-7-5-6-8(2)10(4)9(7)3;/h6-15,23-24,27H,26H2,1-5H3;5-6H,1-4H3;/t23-,24-;;/m1../s1. The third-order valence-corrected chi connectivity index (χ3v) is 10.2. The van der Waals surface area contributed by atoms with E-state index in [-0.39, 0.29) is 19.5 Å². The molecule has 2 atom stereocenters. The van der Waals surface area contributed by atoms with Gasteiger partial charge in [-0.2, -0.15) is 0 Å². The average molecular weight is 658 g/mol. The number of nitrogens with two attached hydrogens (primary N) is 1. The van der Waals surface area contributed by atoms with Gasteiger partial charge in [-0.1, -0.05) is 72.8 Å². The smallest absolute Gasteiger partial charge is 0.241 e. The van der Waals surface area contributed by atoms with Crippen molar-refractivity contribution >= 4 is 10.0 Å². The SMILES string of the molecule is Cc1c(C)c(C)c(S(=O)(=O)N[C@H](c2ccccc2)[C@H](N)c2ccccc2)c(C)c1C.Cc1ccc(C)c(C)c1C.[Ru]. The van der Waals surface area contributed by atoms with Gasteiger partial charge in [-0.15, -0.1) is 0 Å². The van der Waals surface area contributed by atoms with Crippen molar-refractivity contribution in [1.82, 2.24) is 4.72 Å². The van der Waals surface area contributed by atoms with Gasteiger partial charge in [0.05, 0.1) is 17.0 Å². The molecular weight excluding hydrogens is 614 g/mol. The van der Waals surface area contributed by atoms with Crippen LogP contribution in [0.25, 0.3) is 0 Å². The normalized spacial score (nSPS) is 12.5. The molecule has 0 aliphatic heterocycles. The molecular formula is C35H44N2O2RuS. The molecule has 41 heavy (non-hydrogen) atoms. The van der Waals surface area contributed by atoms with Gasteiger partial charge in [0.1, 0.15) is 0 Å². The van der Waals surface area contributed by atoms with Gasteiger partial charge in [0, 0.05) is 19.5 Å². The summed E-state index contributed by atoms with van der Waals surface area (Å²) in [5, 5.41) is 0. The Morgan fingerprint density at radius 3 is 1.32 bits per heavy atom. The maximum absolute atomic E-state index is 13.6. The van der Waals surface area contributed by atoms with Crippen molar-refractivity contribution in [2.24, 2.45) is 5.73 Å². The minimum Gasteiger partial charge on any atom is -0.322 e. The van der Waals surface area contributed by atoms with Gasteiger partial charge < -0.3 is 5.73 Å². The summed E-state index contributed by atoms with van der Waals surface area (Å²) < 4.78 is 30.2. The van der Waals surface area contributed by atoms with Crippen LogP contribution in [0.15, 0.2) is 77.7 Å². The summed E-state index contributed by atoms with van der Waals surface area (Å²) in [7, 11) is -3.81. The van der Waals surface area contributed by atoms with Crippen molar-refractivity contribution in [3.63, 3.8) is 0 Å². The van der Waals surface area contributed by atoms with Gasteiger partial charge in [0.15, 0.2) is 0 Å². The first-order valence-corrected chi connectivity index (χ1v) is 15.2. The zero-order chi connectivity index (χ0) is 29.8. The molecule has 0 aliphatic carbocycles. The van der Waals surface area contributed by atoms with E-state index in [1.807, 2.05) is 95.3 Å². The van der Waals surface area contributed by atoms with Crippen molar-refractivity contribution in [1.29, 1.82) is 0 Å². The maximum atomic E-state index is 13.6. The molecule has 4 nitrogen and oxygen atoms in total. The van der Waals surface area contributed by atoms with Crippen molar-refractivity contribution in [2.75, 3.05) is 0 Å². The van der Waals surface area contributed by atoms with E-state index in [9.17, 15) is 8.42 Å². The molecule has 0 bridgehead atoms. The summed E-state index contributed by atoms with van der Waals surface area (Å²) in [5.74, 6) is 0. The van der Waals surface area contributed by atoms with Gasteiger partial charge in [-0.25, -0.2) is 13.1 Å². The summed E-state index contributed by atoms with van der Waals surface area (Å²) in [4.78, 5) is 0.351. The summed E-state index contributed by atoms with van der Waals surface area (Å²) >= 11 is 0. The first kappa shape index (κ1) is 34.6. The second-order valence-corrected chi connectivity index (χ2v) is 12.5. The molecule has 4 aromatic rings. The van der Waals surface area contributed by atoms with Crippen LogP contribution in [0.2, 0.25) is 0 Å². The Labute approximate surface area is 260 Å². The largest absolute Gasteiger partial charge is 0.322 e. The predicted octanol–water partition coefficient (Wildman–Crippen LogP) is 7.87. The van der Waals surface area contributed by atoms with Crippen LogP contribution in [0.4, 0.5) is 0 Å².